The Labute approximate surface area is 175 Å². The fraction of sp³-hybridized carbons (Fsp3) is 0.348. The molecule has 2 aromatic carbocycles. The van der Waals surface area contributed by atoms with Crippen LogP contribution < -0.4 is 15.5 Å². The second-order valence-electron chi connectivity index (χ2n) is 7.66. The first-order valence-electron chi connectivity index (χ1n) is 10.2. The Morgan fingerprint density at radius 1 is 1.27 bits per heavy atom. The number of aryl methyl sites for hydroxylation is 2. The van der Waals surface area contributed by atoms with Crippen molar-refractivity contribution in [2.75, 3.05) is 28.7 Å². The normalized spacial score (nSPS) is 17.1. The van der Waals surface area contributed by atoms with Gasteiger partial charge in [-0.3, -0.25) is 9.59 Å². The van der Waals surface area contributed by atoms with Crippen molar-refractivity contribution < 1.29 is 19.1 Å². The van der Waals surface area contributed by atoms with Crippen LogP contribution in [0.1, 0.15) is 41.3 Å². The molecule has 30 heavy (non-hydrogen) atoms. The number of para-hydroxylation sites is 1. The van der Waals surface area contributed by atoms with Gasteiger partial charge >= 0.3 is 5.97 Å². The first kappa shape index (κ1) is 19.9. The molecule has 2 aliphatic heterocycles. The summed E-state index contributed by atoms with van der Waals surface area (Å²) in [6, 6.07) is 10.8. The highest BCUT2D eigenvalue weighted by molar-refractivity contribution is 6.05. The number of amides is 2. The lowest BCUT2D eigenvalue weighted by molar-refractivity contribution is -0.119. The van der Waals surface area contributed by atoms with Gasteiger partial charge in [-0.25, -0.2) is 4.79 Å². The van der Waals surface area contributed by atoms with Gasteiger partial charge in [-0.15, -0.1) is 0 Å². The summed E-state index contributed by atoms with van der Waals surface area (Å²) in [6.45, 7) is 4.39. The number of nitrogens with one attached hydrogen (secondary N) is 2. The predicted octanol–water partition coefficient (Wildman–Crippen LogP) is 3.27. The Bertz CT molecular complexity index is 1020. The van der Waals surface area contributed by atoms with Crippen molar-refractivity contribution in [3.63, 3.8) is 0 Å². The molecule has 7 nitrogen and oxygen atoms in total. The van der Waals surface area contributed by atoms with Crippen LogP contribution in [-0.4, -0.2) is 37.0 Å². The molecule has 7 heteroatoms. The second-order valence-corrected chi connectivity index (χ2v) is 7.66. The average Bonchev–Trinajstić information content (AvgIpc) is 3.24. The first-order chi connectivity index (χ1) is 14.5. The van der Waals surface area contributed by atoms with Crippen molar-refractivity contribution in [2.24, 2.45) is 0 Å². The van der Waals surface area contributed by atoms with Crippen LogP contribution in [0.15, 0.2) is 36.4 Å². The Morgan fingerprint density at radius 3 is 2.90 bits per heavy atom. The third kappa shape index (κ3) is 3.75. The molecule has 0 saturated carbocycles. The lowest BCUT2D eigenvalue weighted by Gasteiger charge is -2.33. The van der Waals surface area contributed by atoms with E-state index in [4.69, 9.17) is 4.74 Å². The van der Waals surface area contributed by atoms with Crippen LogP contribution in [0.3, 0.4) is 0 Å². The molecular weight excluding hydrogens is 382 g/mol. The molecule has 2 amide bonds. The van der Waals surface area contributed by atoms with Gasteiger partial charge in [0.05, 0.1) is 16.9 Å². The number of carbonyl (C=O) groups excluding carboxylic acids is 3. The van der Waals surface area contributed by atoms with E-state index in [1.165, 1.54) is 0 Å². The van der Waals surface area contributed by atoms with Crippen LogP contribution in [0.4, 0.5) is 17.1 Å². The van der Waals surface area contributed by atoms with E-state index in [-0.39, 0.29) is 18.6 Å². The molecule has 1 fully saturated rings. The predicted molar refractivity (Wildman–Crippen MR) is 115 cm³/mol. The second kappa shape index (κ2) is 8.18. The Balaban J connectivity index is 1.41. The number of hydrogen-bond acceptors (Lipinski definition) is 5. The molecule has 1 saturated heterocycles. The largest absolute Gasteiger partial charge is 0.452 e. The molecule has 0 unspecified atom stereocenters. The van der Waals surface area contributed by atoms with E-state index in [0.717, 1.165) is 48.3 Å². The number of esters is 1. The summed E-state index contributed by atoms with van der Waals surface area (Å²) in [6.07, 6.45) is 2.59. The maximum atomic E-state index is 12.5. The third-order valence-corrected chi connectivity index (χ3v) is 5.69. The van der Waals surface area contributed by atoms with E-state index in [0.29, 0.717) is 11.3 Å². The molecule has 2 heterocycles. The van der Waals surface area contributed by atoms with Crippen LogP contribution in [0.5, 0.6) is 0 Å². The van der Waals surface area contributed by atoms with Crippen molar-refractivity contribution in [3.8, 4) is 0 Å². The summed E-state index contributed by atoms with van der Waals surface area (Å²) in [4.78, 5) is 39.1. The summed E-state index contributed by atoms with van der Waals surface area (Å²) in [7, 11) is 0. The molecule has 2 N–H and O–H groups in total. The lowest BCUT2D eigenvalue weighted by Crippen LogP contribution is -2.43. The van der Waals surface area contributed by atoms with Crippen molar-refractivity contribution in [1.29, 1.82) is 0 Å². The van der Waals surface area contributed by atoms with E-state index in [1.807, 2.05) is 38.1 Å². The molecule has 2 aliphatic rings. The van der Waals surface area contributed by atoms with Gasteiger partial charge in [0, 0.05) is 12.2 Å². The molecule has 2 aromatic rings. The average molecular weight is 407 g/mol. The minimum atomic E-state index is -0.605. The molecular formula is C23H25N3O4. The van der Waals surface area contributed by atoms with E-state index in [1.54, 1.807) is 12.1 Å². The number of carbonyl (C=O) groups is 3. The highest BCUT2D eigenvalue weighted by Crippen LogP contribution is 2.37. The van der Waals surface area contributed by atoms with Gasteiger partial charge < -0.3 is 20.3 Å². The van der Waals surface area contributed by atoms with Crippen LogP contribution in [0, 0.1) is 6.92 Å². The fourth-order valence-electron chi connectivity index (χ4n) is 4.15. The maximum absolute atomic E-state index is 12.5. The van der Waals surface area contributed by atoms with Crippen molar-refractivity contribution in [1.82, 2.24) is 0 Å². The van der Waals surface area contributed by atoms with E-state index < -0.39 is 11.9 Å². The Hall–Kier alpha value is -3.35. The summed E-state index contributed by atoms with van der Waals surface area (Å²) >= 11 is 0. The monoisotopic (exact) mass is 407 g/mol. The maximum Gasteiger partial charge on any atom is 0.338 e. The van der Waals surface area contributed by atoms with Crippen LogP contribution in [0.25, 0.3) is 0 Å². The number of benzene rings is 2. The van der Waals surface area contributed by atoms with Crippen LogP contribution in [-0.2, 0) is 20.7 Å². The third-order valence-electron chi connectivity index (χ3n) is 5.69. The molecule has 4 rings (SSSR count). The van der Waals surface area contributed by atoms with Gasteiger partial charge in [0.25, 0.3) is 5.91 Å². The zero-order valence-electron chi connectivity index (χ0n) is 17.2. The van der Waals surface area contributed by atoms with Gasteiger partial charge in [-0.05, 0) is 55.5 Å². The topological polar surface area (TPSA) is 87.7 Å². The van der Waals surface area contributed by atoms with Gasteiger partial charge in [-0.1, -0.05) is 25.1 Å². The summed E-state index contributed by atoms with van der Waals surface area (Å²) in [5, 5.41) is 5.71. The van der Waals surface area contributed by atoms with E-state index in [2.05, 4.69) is 15.5 Å². The minimum absolute atomic E-state index is 0.0464. The van der Waals surface area contributed by atoms with Crippen LogP contribution in [0.2, 0.25) is 0 Å². The van der Waals surface area contributed by atoms with Crippen LogP contribution >= 0.6 is 0 Å². The molecule has 0 aliphatic carbocycles. The number of rotatable bonds is 5. The quantitative estimate of drug-likeness (QED) is 0.743. The zero-order chi connectivity index (χ0) is 21.3. The number of fused-ring (bicyclic) bond motifs is 3. The summed E-state index contributed by atoms with van der Waals surface area (Å²) < 4.78 is 5.20. The number of ether oxygens (including phenoxy) is 1. The zero-order valence-corrected chi connectivity index (χ0v) is 17.2. The molecule has 0 aromatic heterocycles. The highest BCUT2D eigenvalue weighted by atomic mass is 16.5. The highest BCUT2D eigenvalue weighted by Gasteiger charge is 2.36. The van der Waals surface area contributed by atoms with Gasteiger partial charge in [0.15, 0.2) is 6.61 Å². The first-order valence-corrected chi connectivity index (χ1v) is 10.2. The fourth-order valence-corrected chi connectivity index (χ4v) is 4.15. The molecule has 0 bridgehead atoms. The minimum Gasteiger partial charge on any atom is -0.452 e. The molecule has 156 valence electrons. The van der Waals surface area contributed by atoms with E-state index in [9.17, 15) is 14.4 Å². The van der Waals surface area contributed by atoms with Gasteiger partial charge in [0.2, 0.25) is 5.91 Å². The summed E-state index contributed by atoms with van der Waals surface area (Å²) in [5.74, 6) is -1.04. The number of anilines is 3. The lowest BCUT2D eigenvalue weighted by atomic mass is 10.1. The number of nitrogens with zero attached hydrogens (tertiary/aromatic N) is 1. The van der Waals surface area contributed by atoms with Gasteiger partial charge in [0.1, 0.15) is 6.04 Å². The number of hydrogen-bond donors (Lipinski definition) is 2. The standard InChI is InChI=1S/C23H25N3O4/c1-3-15-7-4-6-14(2)21(15)25-20(27)13-30-23(29)16-9-10-18-17(12-16)24-22(28)19-8-5-11-26(18)19/h4,6-7,9-10,12,19H,3,5,8,11,13H2,1-2H3,(H,24,28)(H,25,27)/t19-/m1/s1. The molecule has 1 atom stereocenters. The van der Waals surface area contributed by atoms with Crippen molar-refractivity contribution in [2.45, 2.75) is 39.2 Å². The van der Waals surface area contributed by atoms with Crippen molar-refractivity contribution >= 4 is 34.8 Å². The van der Waals surface area contributed by atoms with E-state index >= 15 is 0 Å². The smallest absolute Gasteiger partial charge is 0.338 e. The Morgan fingerprint density at radius 2 is 2.10 bits per heavy atom. The van der Waals surface area contributed by atoms with Crippen molar-refractivity contribution in [3.05, 3.63) is 53.1 Å². The molecule has 0 radical (unpaired) electrons. The molecule has 0 spiro atoms. The van der Waals surface area contributed by atoms with Gasteiger partial charge in [-0.2, -0.15) is 0 Å². The SMILES string of the molecule is CCc1cccc(C)c1NC(=O)COC(=O)c1ccc2c(c1)NC(=O)[C@H]1CCCN21. The summed E-state index contributed by atoms with van der Waals surface area (Å²) in [5.41, 5.74) is 4.56. The Kier molecular flexibility index (Phi) is 5.44.